The summed E-state index contributed by atoms with van der Waals surface area (Å²) >= 11 is 7.39. The molecule has 1 aliphatic heterocycles. The number of amides is 1. The molecule has 0 atom stereocenters. The van der Waals surface area contributed by atoms with Crippen LogP contribution in [0.25, 0.3) is 11.3 Å². The van der Waals surface area contributed by atoms with Crippen LogP contribution in [-0.4, -0.2) is 40.0 Å². The van der Waals surface area contributed by atoms with Gasteiger partial charge in [-0.2, -0.15) is 13.2 Å². The van der Waals surface area contributed by atoms with Crippen LogP contribution in [0.4, 0.5) is 28.5 Å². The van der Waals surface area contributed by atoms with E-state index >= 15 is 0 Å². The first-order valence-electron chi connectivity index (χ1n) is 12.3. The molecule has 0 aliphatic carbocycles. The maximum atomic E-state index is 14.5. The van der Waals surface area contributed by atoms with Crippen LogP contribution in [0.2, 0.25) is 5.02 Å². The Morgan fingerprint density at radius 2 is 1.78 bits per heavy atom. The van der Waals surface area contributed by atoms with Crippen molar-refractivity contribution in [3.05, 3.63) is 93.7 Å². The molecule has 5 rings (SSSR count). The van der Waals surface area contributed by atoms with Gasteiger partial charge in [0.2, 0.25) is 0 Å². The Kier molecular flexibility index (Phi) is 7.71. The first-order chi connectivity index (χ1) is 19.5. The van der Waals surface area contributed by atoms with Crippen molar-refractivity contribution in [1.29, 1.82) is 0 Å². The molecule has 0 spiro atoms. The largest absolute Gasteiger partial charge is 0.481 e. The quantitative estimate of drug-likeness (QED) is 0.233. The minimum atomic E-state index is -4.86. The summed E-state index contributed by atoms with van der Waals surface area (Å²) in [6.07, 6.45) is -2.87. The fourth-order valence-corrected chi connectivity index (χ4v) is 5.84. The van der Waals surface area contributed by atoms with Gasteiger partial charge in [-0.15, -0.1) is 11.3 Å². The van der Waals surface area contributed by atoms with Crippen molar-refractivity contribution in [3.8, 4) is 11.3 Å². The van der Waals surface area contributed by atoms with Crippen molar-refractivity contribution in [2.45, 2.75) is 24.4 Å². The number of carboxylic acid groups (broad SMARTS) is 1. The molecule has 0 unspecified atom stereocenters. The monoisotopic (exact) mass is 604 g/mol. The zero-order valence-corrected chi connectivity index (χ0v) is 22.7. The smallest absolute Gasteiger partial charge is 0.419 e. The Morgan fingerprint density at radius 1 is 1.07 bits per heavy atom. The highest BCUT2D eigenvalue weighted by molar-refractivity contribution is 7.14. The molecule has 0 bridgehead atoms. The van der Waals surface area contributed by atoms with E-state index in [1.807, 2.05) is 35.2 Å². The zero-order valence-electron chi connectivity index (χ0n) is 21.1. The van der Waals surface area contributed by atoms with Gasteiger partial charge in [-0.05, 0) is 36.6 Å². The number of carboxylic acids is 1. The van der Waals surface area contributed by atoms with E-state index in [2.05, 4.69) is 15.3 Å². The first kappa shape index (κ1) is 28.5. The number of pyridine rings is 1. The van der Waals surface area contributed by atoms with E-state index in [1.165, 1.54) is 23.7 Å². The van der Waals surface area contributed by atoms with Crippen molar-refractivity contribution < 1.29 is 32.3 Å². The Morgan fingerprint density at radius 3 is 2.41 bits per heavy atom. The maximum Gasteiger partial charge on any atom is 0.419 e. The Bertz CT molecular complexity index is 1610. The Labute approximate surface area is 240 Å². The molecule has 2 aromatic carbocycles. The minimum absolute atomic E-state index is 0.0453. The number of hydrogen-bond acceptors (Lipinski definition) is 6. The average molecular weight is 605 g/mol. The molecule has 3 heterocycles. The highest BCUT2D eigenvalue weighted by Crippen LogP contribution is 2.39. The lowest BCUT2D eigenvalue weighted by molar-refractivity contribution is -0.145. The summed E-state index contributed by atoms with van der Waals surface area (Å²) < 4.78 is 53.7. The molecule has 0 saturated carbocycles. The number of aromatic nitrogens is 2. The van der Waals surface area contributed by atoms with Crippen molar-refractivity contribution in [2.24, 2.45) is 0 Å². The van der Waals surface area contributed by atoms with E-state index < -0.39 is 34.8 Å². The predicted octanol–water partition coefficient (Wildman–Crippen LogP) is 6.89. The van der Waals surface area contributed by atoms with E-state index in [4.69, 9.17) is 11.6 Å². The molecule has 1 aliphatic rings. The lowest BCUT2D eigenvalue weighted by Gasteiger charge is -2.40. The van der Waals surface area contributed by atoms with Crippen LogP contribution in [0.5, 0.6) is 0 Å². The molecule has 7 nitrogen and oxygen atoms in total. The summed E-state index contributed by atoms with van der Waals surface area (Å²) in [7, 11) is 0. The number of carbonyl (C=O) groups is 2. The molecule has 1 fully saturated rings. The molecule has 1 amide bonds. The number of halogens is 5. The number of nitrogens with one attached hydrogen (secondary N) is 1. The highest BCUT2D eigenvalue weighted by Gasteiger charge is 2.43. The van der Waals surface area contributed by atoms with E-state index in [0.717, 1.165) is 23.0 Å². The highest BCUT2D eigenvalue weighted by atomic mass is 35.5. The van der Waals surface area contributed by atoms with Gasteiger partial charge in [-0.25, -0.2) is 14.4 Å². The van der Waals surface area contributed by atoms with Gasteiger partial charge >= 0.3 is 12.1 Å². The van der Waals surface area contributed by atoms with Gasteiger partial charge < -0.3 is 10.0 Å². The van der Waals surface area contributed by atoms with Gasteiger partial charge in [-0.3, -0.25) is 14.9 Å². The topological polar surface area (TPSA) is 95.4 Å². The van der Waals surface area contributed by atoms with Crippen molar-refractivity contribution in [1.82, 2.24) is 9.97 Å². The third-order valence-electron chi connectivity index (χ3n) is 7.04. The standard InChI is InChI=1S/C28H21ClF4N4O3S/c29-20-13-16(14-34-23(20)37-11-9-27(10-12-37,25(39)40)17-5-2-1-3-6-17)24(38)36-26-35-21(15-41-26)18-7-4-8-19(22(18)30)28(31,32)33/h1-8,13-15H,9-12H2,(H,39,40)(H,35,36,38). The van der Waals surface area contributed by atoms with Gasteiger partial charge in [0.05, 0.1) is 27.3 Å². The van der Waals surface area contributed by atoms with Crippen LogP contribution in [0, 0.1) is 5.82 Å². The molecular formula is C28H21ClF4N4O3S. The fourth-order valence-electron chi connectivity index (χ4n) is 4.84. The number of piperidine rings is 1. The molecular weight excluding hydrogens is 584 g/mol. The second-order valence-electron chi connectivity index (χ2n) is 9.43. The summed E-state index contributed by atoms with van der Waals surface area (Å²) in [6.45, 7) is 0.765. The summed E-state index contributed by atoms with van der Waals surface area (Å²) in [5, 5.41) is 14.1. The maximum absolute atomic E-state index is 14.5. The summed E-state index contributed by atoms with van der Waals surface area (Å²) in [4.78, 5) is 35.3. The van der Waals surface area contributed by atoms with Crippen molar-refractivity contribution >= 4 is 45.8 Å². The number of aliphatic carboxylic acids is 1. The molecule has 41 heavy (non-hydrogen) atoms. The molecule has 4 aromatic rings. The average Bonchev–Trinajstić information content (AvgIpc) is 3.41. The molecule has 212 valence electrons. The SMILES string of the molecule is O=C(Nc1nc(-c2cccc(C(F)(F)F)c2F)cs1)c1cnc(N2CCC(C(=O)O)(c3ccccc3)CC2)c(Cl)c1. The minimum Gasteiger partial charge on any atom is -0.481 e. The molecule has 0 radical (unpaired) electrons. The molecule has 1 saturated heterocycles. The number of anilines is 2. The third-order valence-corrected chi connectivity index (χ3v) is 8.08. The lowest BCUT2D eigenvalue weighted by Crippen LogP contribution is -2.47. The lowest BCUT2D eigenvalue weighted by atomic mass is 9.73. The van der Waals surface area contributed by atoms with E-state index in [9.17, 15) is 32.3 Å². The van der Waals surface area contributed by atoms with Gasteiger partial charge in [0, 0.05) is 30.2 Å². The summed E-state index contributed by atoms with van der Waals surface area (Å²) in [5.74, 6) is -2.55. The number of carbonyl (C=O) groups excluding carboxylic acids is 1. The molecule has 13 heteroatoms. The first-order valence-corrected chi connectivity index (χ1v) is 13.6. The van der Waals surface area contributed by atoms with Crippen molar-refractivity contribution in [3.63, 3.8) is 0 Å². The second kappa shape index (κ2) is 11.1. The number of alkyl halides is 3. The van der Waals surface area contributed by atoms with E-state index in [-0.39, 0.29) is 27.0 Å². The van der Waals surface area contributed by atoms with Gasteiger partial charge in [0.1, 0.15) is 11.6 Å². The van der Waals surface area contributed by atoms with Crippen LogP contribution in [0.3, 0.4) is 0 Å². The van der Waals surface area contributed by atoms with Gasteiger partial charge in [-0.1, -0.05) is 48.0 Å². The number of benzene rings is 2. The number of thiazole rings is 1. The normalized spacial score (nSPS) is 15.0. The van der Waals surface area contributed by atoms with Crippen molar-refractivity contribution in [2.75, 3.05) is 23.3 Å². The number of rotatable bonds is 6. The van der Waals surface area contributed by atoms with Crippen LogP contribution < -0.4 is 10.2 Å². The molecule has 2 N–H and O–H groups in total. The summed E-state index contributed by atoms with van der Waals surface area (Å²) in [6, 6.07) is 13.4. The van der Waals surface area contributed by atoms with Crippen LogP contribution in [0.1, 0.15) is 34.3 Å². The van der Waals surface area contributed by atoms with E-state index in [1.54, 1.807) is 0 Å². The number of nitrogens with zero attached hydrogens (tertiary/aromatic N) is 3. The number of hydrogen-bond donors (Lipinski definition) is 2. The molecule has 2 aromatic heterocycles. The summed E-state index contributed by atoms with van der Waals surface area (Å²) in [5.41, 5.74) is -1.99. The Balaban J connectivity index is 1.28. The van der Waals surface area contributed by atoms with Crippen LogP contribution >= 0.6 is 22.9 Å². The van der Waals surface area contributed by atoms with E-state index in [0.29, 0.717) is 37.8 Å². The van der Waals surface area contributed by atoms with Gasteiger partial charge in [0.15, 0.2) is 5.13 Å². The fraction of sp³-hybridized carbons (Fsp3) is 0.214. The van der Waals surface area contributed by atoms with Crippen LogP contribution in [0.15, 0.2) is 66.2 Å². The predicted molar refractivity (Wildman–Crippen MR) is 147 cm³/mol. The third kappa shape index (κ3) is 5.62. The zero-order chi connectivity index (χ0) is 29.4. The van der Waals surface area contributed by atoms with Crippen LogP contribution in [-0.2, 0) is 16.4 Å². The second-order valence-corrected chi connectivity index (χ2v) is 10.7. The Hall–Kier alpha value is -4.03. The van der Waals surface area contributed by atoms with Gasteiger partial charge in [0.25, 0.3) is 5.91 Å².